The van der Waals surface area contributed by atoms with Crippen LogP contribution in [-0.2, 0) is 9.59 Å². The van der Waals surface area contributed by atoms with Gasteiger partial charge in [0.25, 0.3) is 0 Å². The fraction of sp³-hybridized carbons (Fsp3) is 0.750. The Balaban J connectivity index is 1.71. The standard InChI is InChI=1S/C32H60N2O2Si4/c1-37(2,3)27-16-23(17-28(21-27)38(4,5)6)31(35)33-25-14-13-15-26(20-25)34-32(36)24-18-29(39(7,8)9)22-30(19-24)40(10,11)12/h13-15,20,23-24,27-30H,16-19,21-22H2,1-12H3,(H,33,35)(H,34,36). The minimum absolute atomic E-state index is 0.0830. The highest BCUT2D eigenvalue weighted by molar-refractivity contribution is 6.80. The molecule has 4 atom stereocenters. The van der Waals surface area contributed by atoms with E-state index in [2.05, 4.69) is 89.2 Å². The van der Waals surface area contributed by atoms with Crippen molar-refractivity contribution in [2.45, 2.75) is 139 Å². The van der Waals surface area contributed by atoms with Gasteiger partial charge in [0.1, 0.15) is 0 Å². The van der Waals surface area contributed by atoms with Gasteiger partial charge in [-0.3, -0.25) is 9.59 Å². The highest BCUT2D eigenvalue weighted by Crippen LogP contribution is 2.50. The summed E-state index contributed by atoms with van der Waals surface area (Å²) in [7, 11) is -5.34. The molecule has 1 aromatic carbocycles. The summed E-state index contributed by atoms with van der Waals surface area (Å²) in [6, 6.07) is 7.84. The number of benzene rings is 1. The maximum atomic E-state index is 13.6. The van der Waals surface area contributed by atoms with E-state index < -0.39 is 32.3 Å². The minimum Gasteiger partial charge on any atom is -0.326 e. The molecule has 8 heteroatoms. The third-order valence-corrected chi connectivity index (χ3v) is 22.1. The molecule has 0 radical (unpaired) electrons. The minimum atomic E-state index is -1.33. The Hall–Kier alpha value is -0.972. The lowest BCUT2D eigenvalue weighted by Crippen LogP contribution is -2.42. The molecule has 2 fully saturated rings. The van der Waals surface area contributed by atoms with E-state index in [4.69, 9.17) is 0 Å². The van der Waals surface area contributed by atoms with Crippen molar-refractivity contribution < 1.29 is 9.59 Å². The zero-order valence-corrected chi connectivity index (χ0v) is 31.8. The number of hydrogen-bond donors (Lipinski definition) is 2. The largest absolute Gasteiger partial charge is 0.326 e. The Morgan fingerprint density at radius 3 is 1.05 bits per heavy atom. The van der Waals surface area contributed by atoms with Crippen LogP contribution in [0.4, 0.5) is 11.4 Å². The lowest BCUT2D eigenvalue weighted by Gasteiger charge is -2.44. The average molecular weight is 617 g/mol. The quantitative estimate of drug-likeness (QED) is 0.286. The summed E-state index contributed by atoms with van der Waals surface area (Å²) in [5.74, 6) is 0.496. The van der Waals surface area contributed by atoms with E-state index in [9.17, 15) is 9.59 Å². The highest BCUT2D eigenvalue weighted by Gasteiger charge is 2.44. The molecule has 0 heterocycles. The summed E-state index contributed by atoms with van der Waals surface area (Å²) in [5, 5.41) is 6.51. The molecule has 0 bridgehead atoms. The van der Waals surface area contributed by atoms with E-state index in [1.54, 1.807) is 0 Å². The molecule has 2 aliphatic rings. The van der Waals surface area contributed by atoms with Crippen LogP contribution in [0.15, 0.2) is 24.3 Å². The molecule has 4 unspecified atom stereocenters. The predicted molar refractivity (Wildman–Crippen MR) is 187 cm³/mol. The average Bonchev–Trinajstić information content (AvgIpc) is 2.81. The van der Waals surface area contributed by atoms with Gasteiger partial charge in [-0.2, -0.15) is 0 Å². The van der Waals surface area contributed by atoms with Crippen molar-refractivity contribution in [1.82, 2.24) is 0 Å². The van der Waals surface area contributed by atoms with E-state index in [0.717, 1.165) is 37.1 Å². The third-order valence-electron chi connectivity index (χ3n) is 10.5. The Morgan fingerprint density at radius 2 is 0.800 bits per heavy atom. The lowest BCUT2D eigenvalue weighted by molar-refractivity contribution is -0.121. The molecule has 226 valence electrons. The van der Waals surface area contributed by atoms with Crippen molar-refractivity contribution in [3.05, 3.63) is 24.3 Å². The van der Waals surface area contributed by atoms with Gasteiger partial charge < -0.3 is 10.6 Å². The van der Waals surface area contributed by atoms with Crippen LogP contribution in [0.1, 0.15) is 38.5 Å². The molecule has 40 heavy (non-hydrogen) atoms. The van der Waals surface area contributed by atoms with E-state index in [-0.39, 0.29) is 23.7 Å². The van der Waals surface area contributed by atoms with Gasteiger partial charge in [-0.1, -0.05) is 97.5 Å². The molecule has 2 saturated carbocycles. The SMILES string of the molecule is C[Si](C)(C)C1CC(C(=O)Nc2cccc(NC(=O)C3CC([Si](C)(C)C)CC([Si](C)(C)C)C3)c2)CC([Si](C)(C)C)C1. The van der Waals surface area contributed by atoms with Crippen molar-refractivity contribution in [2.24, 2.45) is 11.8 Å². The van der Waals surface area contributed by atoms with Crippen LogP contribution in [0.25, 0.3) is 0 Å². The topological polar surface area (TPSA) is 58.2 Å². The van der Waals surface area contributed by atoms with Crippen molar-refractivity contribution in [3.63, 3.8) is 0 Å². The van der Waals surface area contributed by atoms with E-state index in [1.165, 1.54) is 12.8 Å². The van der Waals surface area contributed by atoms with Crippen LogP contribution in [0.5, 0.6) is 0 Å². The molecule has 1 aromatic rings. The number of anilines is 2. The first-order valence-electron chi connectivity index (χ1n) is 15.9. The first kappa shape index (κ1) is 33.5. The Labute approximate surface area is 250 Å². The van der Waals surface area contributed by atoms with Gasteiger partial charge in [0.05, 0.1) is 0 Å². The second-order valence-electron chi connectivity index (χ2n) is 17.6. The van der Waals surface area contributed by atoms with Crippen LogP contribution in [0.3, 0.4) is 0 Å². The summed E-state index contributed by atoms with van der Waals surface area (Å²) in [4.78, 5) is 27.2. The number of amides is 2. The van der Waals surface area contributed by atoms with Gasteiger partial charge in [-0.25, -0.2) is 0 Å². The summed E-state index contributed by atoms with van der Waals surface area (Å²) in [6.45, 7) is 29.6. The normalized spacial score (nSPS) is 28.6. The number of rotatable bonds is 8. The highest BCUT2D eigenvalue weighted by atomic mass is 28.3. The second-order valence-corrected chi connectivity index (χ2v) is 39.8. The maximum Gasteiger partial charge on any atom is 0.227 e. The number of carbonyl (C=O) groups is 2. The first-order chi connectivity index (χ1) is 18.1. The molecule has 0 saturated heterocycles. The molecule has 0 aromatic heterocycles. The molecule has 2 N–H and O–H groups in total. The number of carbonyl (C=O) groups excluding carboxylic acids is 2. The van der Waals surface area contributed by atoms with Gasteiger partial charge in [-0.05, 0) is 66.0 Å². The van der Waals surface area contributed by atoms with E-state index in [1.807, 2.05) is 24.3 Å². The van der Waals surface area contributed by atoms with Crippen LogP contribution in [0, 0.1) is 11.8 Å². The summed E-state index contributed by atoms with van der Waals surface area (Å²) in [5.41, 5.74) is 4.41. The van der Waals surface area contributed by atoms with Crippen molar-refractivity contribution in [2.75, 3.05) is 10.6 Å². The molecule has 3 rings (SSSR count). The molecule has 0 aliphatic heterocycles. The van der Waals surface area contributed by atoms with Gasteiger partial charge in [0, 0.05) is 55.5 Å². The predicted octanol–water partition coefficient (Wildman–Crippen LogP) is 10.00. The fourth-order valence-electron chi connectivity index (χ4n) is 7.06. The molecule has 2 aliphatic carbocycles. The molecular weight excluding hydrogens is 557 g/mol. The summed E-state index contributed by atoms with van der Waals surface area (Å²) < 4.78 is 0. The van der Waals surface area contributed by atoms with Crippen molar-refractivity contribution >= 4 is 55.5 Å². The molecular formula is C32H60N2O2Si4. The number of nitrogens with one attached hydrogen (secondary N) is 2. The Bertz CT molecular complexity index is 925. The van der Waals surface area contributed by atoms with E-state index in [0.29, 0.717) is 22.2 Å². The van der Waals surface area contributed by atoms with Gasteiger partial charge in [0.15, 0.2) is 0 Å². The fourth-order valence-corrected chi connectivity index (χ4v) is 15.5. The van der Waals surface area contributed by atoms with E-state index >= 15 is 0 Å². The maximum absolute atomic E-state index is 13.6. The Morgan fingerprint density at radius 1 is 0.525 bits per heavy atom. The zero-order chi connectivity index (χ0) is 30.3. The van der Waals surface area contributed by atoms with Crippen molar-refractivity contribution in [1.29, 1.82) is 0 Å². The van der Waals surface area contributed by atoms with Crippen LogP contribution < -0.4 is 10.6 Å². The van der Waals surface area contributed by atoms with Crippen LogP contribution in [0.2, 0.25) is 101 Å². The molecule has 0 spiro atoms. The third kappa shape index (κ3) is 9.01. The Kier molecular flexibility index (Phi) is 10.3. The van der Waals surface area contributed by atoms with Gasteiger partial charge in [-0.15, -0.1) is 0 Å². The number of hydrogen-bond acceptors (Lipinski definition) is 2. The molecule has 4 nitrogen and oxygen atoms in total. The summed E-state index contributed by atoms with van der Waals surface area (Å²) in [6.07, 6.45) is 6.73. The zero-order valence-electron chi connectivity index (χ0n) is 27.8. The smallest absolute Gasteiger partial charge is 0.227 e. The second kappa shape index (κ2) is 12.3. The molecule has 2 amide bonds. The van der Waals surface area contributed by atoms with Crippen molar-refractivity contribution in [3.8, 4) is 0 Å². The van der Waals surface area contributed by atoms with Gasteiger partial charge in [0.2, 0.25) is 11.8 Å². The lowest BCUT2D eigenvalue weighted by atomic mass is 9.87. The van der Waals surface area contributed by atoms with Crippen LogP contribution in [-0.4, -0.2) is 44.1 Å². The summed E-state index contributed by atoms with van der Waals surface area (Å²) >= 11 is 0. The first-order valence-corrected chi connectivity index (χ1v) is 30.2. The monoisotopic (exact) mass is 616 g/mol. The van der Waals surface area contributed by atoms with Gasteiger partial charge >= 0.3 is 0 Å². The van der Waals surface area contributed by atoms with Crippen LogP contribution >= 0.6 is 0 Å².